The number of hydrogen-bond acceptors (Lipinski definition) is 3. The summed E-state index contributed by atoms with van der Waals surface area (Å²) in [5.41, 5.74) is 0.732. The minimum atomic E-state index is -0.120. The molecule has 2 N–H and O–H groups in total. The van der Waals surface area contributed by atoms with Crippen LogP contribution in [0.2, 0.25) is 0 Å². The van der Waals surface area contributed by atoms with Crippen LogP contribution in [0, 0.1) is 11.8 Å². The molecule has 6 heteroatoms. The average molecular weight is 318 g/mol. The number of rotatable bonds is 4. The van der Waals surface area contributed by atoms with Gasteiger partial charge in [0.25, 0.3) is 0 Å². The minimum Gasteiger partial charge on any atom is -0.353 e. The summed E-state index contributed by atoms with van der Waals surface area (Å²) in [6, 6.07) is 3.57. The molecule has 3 amide bonds. The Kier molecular flexibility index (Phi) is 5.96. The zero-order valence-corrected chi connectivity index (χ0v) is 14.1. The predicted octanol–water partition coefficient (Wildman–Crippen LogP) is 2.49. The zero-order valence-electron chi connectivity index (χ0n) is 14.1. The maximum Gasteiger partial charge on any atom is 0.321 e. The molecular formula is C17H26N4O2. The van der Waals surface area contributed by atoms with Crippen molar-refractivity contribution in [3.63, 3.8) is 0 Å². The molecule has 6 nitrogen and oxygen atoms in total. The van der Waals surface area contributed by atoms with Gasteiger partial charge in [-0.05, 0) is 37.8 Å². The molecule has 1 atom stereocenters. The number of carbonyl (C=O) groups excluding carboxylic acids is 2. The third-order valence-electron chi connectivity index (χ3n) is 4.45. The lowest BCUT2D eigenvalue weighted by atomic mass is 9.95. The Labute approximate surface area is 137 Å². The summed E-state index contributed by atoms with van der Waals surface area (Å²) < 4.78 is 0. The van der Waals surface area contributed by atoms with Gasteiger partial charge in [0.15, 0.2) is 0 Å². The van der Waals surface area contributed by atoms with Crippen LogP contribution in [0.15, 0.2) is 24.5 Å². The molecule has 0 spiro atoms. The predicted molar refractivity (Wildman–Crippen MR) is 90.0 cm³/mol. The van der Waals surface area contributed by atoms with Crippen LogP contribution in [0.25, 0.3) is 0 Å². The molecule has 0 unspecified atom stereocenters. The van der Waals surface area contributed by atoms with E-state index in [4.69, 9.17) is 0 Å². The number of aromatic nitrogens is 1. The Balaban J connectivity index is 1.79. The highest BCUT2D eigenvalue weighted by Crippen LogP contribution is 2.19. The number of anilines is 1. The van der Waals surface area contributed by atoms with E-state index < -0.39 is 0 Å². The summed E-state index contributed by atoms with van der Waals surface area (Å²) in [6.07, 6.45) is 4.70. The van der Waals surface area contributed by atoms with Crippen molar-refractivity contribution in [1.82, 2.24) is 15.2 Å². The van der Waals surface area contributed by atoms with Gasteiger partial charge in [0, 0.05) is 43.1 Å². The van der Waals surface area contributed by atoms with E-state index >= 15 is 0 Å². The highest BCUT2D eigenvalue weighted by molar-refractivity contribution is 5.89. The fourth-order valence-electron chi connectivity index (χ4n) is 2.49. The van der Waals surface area contributed by atoms with E-state index in [0.717, 1.165) is 5.69 Å². The number of amides is 3. The Morgan fingerprint density at radius 2 is 1.78 bits per heavy atom. The molecule has 1 aromatic heterocycles. The van der Waals surface area contributed by atoms with Crippen molar-refractivity contribution >= 4 is 17.6 Å². The number of piperidine rings is 1. The van der Waals surface area contributed by atoms with Gasteiger partial charge in [-0.1, -0.05) is 13.8 Å². The van der Waals surface area contributed by atoms with Crippen LogP contribution in [-0.2, 0) is 4.79 Å². The number of nitrogens with zero attached hydrogens (tertiary/aromatic N) is 2. The van der Waals surface area contributed by atoms with E-state index in [1.807, 2.05) is 6.92 Å². The van der Waals surface area contributed by atoms with Gasteiger partial charge in [-0.3, -0.25) is 9.78 Å². The molecule has 1 aromatic rings. The van der Waals surface area contributed by atoms with Crippen molar-refractivity contribution in [2.75, 3.05) is 18.4 Å². The lowest BCUT2D eigenvalue weighted by molar-refractivity contribution is -0.127. The van der Waals surface area contributed by atoms with E-state index in [0.29, 0.717) is 31.8 Å². The van der Waals surface area contributed by atoms with Crippen LogP contribution < -0.4 is 10.6 Å². The Hall–Kier alpha value is -2.11. The van der Waals surface area contributed by atoms with Gasteiger partial charge in [-0.25, -0.2) is 4.79 Å². The molecule has 0 radical (unpaired) electrons. The van der Waals surface area contributed by atoms with Gasteiger partial charge < -0.3 is 15.5 Å². The second-order valence-corrected chi connectivity index (χ2v) is 6.47. The minimum absolute atomic E-state index is 0.00109. The second kappa shape index (κ2) is 7.94. The first-order valence-electron chi connectivity index (χ1n) is 8.23. The van der Waals surface area contributed by atoms with E-state index in [-0.39, 0.29) is 23.9 Å². The van der Waals surface area contributed by atoms with Gasteiger partial charge in [-0.15, -0.1) is 0 Å². The number of hydrogen-bond donors (Lipinski definition) is 2. The molecule has 1 fully saturated rings. The van der Waals surface area contributed by atoms with Crippen molar-refractivity contribution in [2.45, 2.75) is 39.7 Å². The van der Waals surface area contributed by atoms with Crippen LogP contribution in [0.1, 0.15) is 33.6 Å². The number of carbonyl (C=O) groups is 2. The van der Waals surface area contributed by atoms with Gasteiger partial charge in [-0.2, -0.15) is 0 Å². The summed E-state index contributed by atoms with van der Waals surface area (Å²) in [5.74, 6) is 0.534. The first kappa shape index (κ1) is 17.2. The molecule has 0 saturated carbocycles. The summed E-state index contributed by atoms with van der Waals surface area (Å²) in [4.78, 5) is 30.1. The van der Waals surface area contributed by atoms with Gasteiger partial charge in [0.05, 0.1) is 0 Å². The lowest BCUT2D eigenvalue weighted by Gasteiger charge is -2.32. The van der Waals surface area contributed by atoms with Crippen LogP contribution in [0.3, 0.4) is 0 Å². The van der Waals surface area contributed by atoms with Crippen molar-refractivity contribution in [3.05, 3.63) is 24.5 Å². The maximum absolute atomic E-state index is 12.2. The van der Waals surface area contributed by atoms with Gasteiger partial charge in [0.1, 0.15) is 0 Å². The molecule has 0 aliphatic carbocycles. The number of nitrogens with one attached hydrogen (secondary N) is 2. The quantitative estimate of drug-likeness (QED) is 0.895. The van der Waals surface area contributed by atoms with Gasteiger partial charge >= 0.3 is 6.03 Å². The van der Waals surface area contributed by atoms with Crippen LogP contribution in [0.5, 0.6) is 0 Å². The van der Waals surface area contributed by atoms with E-state index in [2.05, 4.69) is 29.5 Å². The zero-order chi connectivity index (χ0) is 16.8. The fourth-order valence-corrected chi connectivity index (χ4v) is 2.49. The smallest absolute Gasteiger partial charge is 0.321 e. The summed E-state index contributed by atoms with van der Waals surface area (Å²) in [5, 5.41) is 5.92. The molecule has 0 aromatic carbocycles. The summed E-state index contributed by atoms with van der Waals surface area (Å²) in [6.45, 7) is 7.42. The molecule has 1 aliphatic heterocycles. The maximum atomic E-state index is 12.2. The number of likely N-dealkylation sites (tertiary alicyclic amines) is 1. The molecule has 2 rings (SSSR count). The average Bonchev–Trinajstić information content (AvgIpc) is 2.55. The molecule has 0 bridgehead atoms. The fraction of sp³-hybridized carbons (Fsp3) is 0.588. The summed E-state index contributed by atoms with van der Waals surface area (Å²) >= 11 is 0. The first-order valence-corrected chi connectivity index (χ1v) is 8.23. The highest BCUT2D eigenvalue weighted by atomic mass is 16.2. The molecule has 23 heavy (non-hydrogen) atoms. The number of pyridine rings is 1. The van der Waals surface area contributed by atoms with Crippen LogP contribution >= 0.6 is 0 Å². The molecule has 2 heterocycles. The highest BCUT2D eigenvalue weighted by Gasteiger charge is 2.28. The molecular weight excluding hydrogens is 292 g/mol. The second-order valence-electron chi connectivity index (χ2n) is 6.47. The normalized spacial score (nSPS) is 17.0. The summed E-state index contributed by atoms with van der Waals surface area (Å²) in [7, 11) is 0. The van der Waals surface area contributed by atoms with Crippen LogP contribution in [-0.4, -0.2) is 41.0 Å². The topological polar surface area (TPSA) is 74.3 Å². The van der Waals surface area contributed by atoms with Gasteiger partial charge in [0.2, 0.25) is 5.91 Å². The standard InChI is InChI=1S/C17H26N4O2/c1-12(2)13(3)19-16(22)14-6-10-21(11-7-14)17(23)20-15-4-8-18-9-5-15/h4-5,8-9,12-14H,6-7,10-11H2,1-3H3,(H,19,22)(H,18,20,23)/t13-/m0/s1. The SMILES string of the molecule is CC(C)[C@H](C)NC(=O)C1CCN(C(=O)Nc2ccncc2)CC1. The van der Waals surface area contributed by atoms with Crippen molar-refractivity contribution in [1.29, 1.82) is 0 Å². The monoisotopic (exact) mass is 318 g/mol. The van der Waals surface area contributed by atoms with Crippen LogP contribution in [0.4, 0.5) is 10.5 Å². The van der Waals surface area contributed by atoms with Crippen molar-refractivity contribution < 1.29 is 9.59 Å². The van der Waals surface area contributed by atoms with Crippen molar-refractivity contribution in [3.8, 4) is 0 Å². The third-order valence-corrected chi connectivity index (χ3v) is 4.45. The third kappa shape index (κ3) is 4.94. The Morgan fingerprint density at radius 1 is 1.17 bits per heavy atom. The number of urea groups is 1. The van der Waals surface area contributed by atoms with E-state index in [1.165, 1.54) is 0 Å². The van der Waals surface area contributed by atoms with Crippen molar-refractivity contribution in [2.24, 2.45) is 11.8 Å². The van der Waals surface area contributed by atoms with E-state index in [1.54, 1.807) is 29.4 Å². The molecule has 1 saturated heterocycles. The lowest BCUT2D eigenvalue weighted by Crippen LogP contribution is -2.46. The molecule has 126 valence electrons. The largest absolute Gasteiger partial charge is 0.353 e. The molecule has 1 aliphatic rings. The Morgan fingerprint density at radius 3 is 2.35 bits per heavy atom. The first-order chi connectivity index (χ1) is 11.0. The Bertz CT molecular complexity index is 525. The van der Waals surface area contributed by atoms with E-state index in [9.17, 15) is 9.59 Å².